The minimum atomic E-state index is -0.0762. The Morgan fingerprint density at radius 3 is 2.43 bits per heavy atom. The molecule has 0 amide bonds. The summed E-state index contributed by atoms with van der Waals surface area (Å²) in [5.41, 5.74) is 2.94. The third-order valence-corrected chi connectivity index (χ3v) is 4.25. The van der Waals surface area contributed by atoms with Crippen molar-refractivity contribution >= 4 is 21.7 Å². The van der Waals surface area contributed by atoms with Crippen LogP contribution in [-0.4, -0.2) is 20.0 Å². The van der Waals surface area contributed by atoms with Crippen molar-refractivity contribution in [1.29, 1.82) is 0 Å². The van der Waals surface area contributed by atoms with Crippen molar-refractivity contribution in [3.8, 4) is 11.5 Å². The van der Waals surface area contributed by atoms with E-state index in [4.69, 9.17) is 9.47 Å². The van der Waals surface area contributed by atoms with Crippen molar-refractivity contribution < 1.29 is 14.3 Å². The standard InChI is InChI=1S/C17H17BrO3/c1-10-8-14(18)11(2)15(17(10)21-4)16(19)12-6-5-7-13(9-12)20-3/h5-9H,1-4H3. The maximum atomic E-state index is 12.9. The first-order chi connectivity index (χ1) is 9.99. The van der Waals surface area contributed by atoms with Gasteiger partial charge >= 0.3 is 0 Å². The van der Waals surface area contributed by atoms with Crippen molar-refractivity contribution in [1.82, 2.24) is 0 Å². The zero-order valence-corrected chi connectivity index (χ0v) is 14.1. The minimum Gasteiger partial charge on any atom is -0.497 e. The van der Waals surface area contributed by atoms with Crippen molar-refractivity contribution in [3.05, 3.63) is 57.1 Å². The predicted molar refractivity (Wildman–Crippen MR) is 86.6 cm³/mol. The molecule has 0 bridgehead atoms. The van der Waals surface area contributed by atoms with E-state index in [0.29, 0.717) is 22.6 Å². The summed E-state index contributed by atoms with van der Waals surface area (Å²) in [4.78, 5) is 12.9. The van der Waals surface area contributed by atoms with E-state index in [2.05, 4.69) is 15.9 Å². The molecular formula is C17H17BrO3. The van der Waals surface area contributed by atoms with Gasteiger partial charge in [-0.1, -0.05) is 28.1 Å². The second-order valence-electron chi connectivity index (χ2n) is 4.77. The van der Waals surface area contributed by atoms with E-state index in [-0.39, 0.29) is 5.78 Å². The van der Waals surface area contributed by atoms with Crippen molar-refractivity contribution in [2.24, 2.45) is 0 Å². The maximum Gasteiger partial charge on any atom is 0.197 e. The van der Waals surface area contributed by atoms with E-state index in [1.807, 2.05) is 26.0 Å². The van der Waals surface area contributed by atoms with Gasteiger partial charge in [0.1, 0.15) is 11.5 Å². The molecule has 0 N–H and O–H groups in total. The van der Waals surface area contributed by atoms with E-state index in [1.165, 1.54) is 0 Å². The van der Waals surface area contributed by atoms with Gasteiger partial charge in [0.05, 0.1) is 19.8 Å². The van der Waals surface area contributed by atoms with Crippen LogP contribution in [0.4, 0.5) is 0 Å². The molecule has 0 atom stereocenters. The molecule has 110 valence electrons. The summed E-state index contributed by atoms with van der Waals surface area (Å²) >= 11 is 3.50. The third-order valence-electron chi connectivity index (χ3n) is 3.42. The number of carbonyl (C=O) groups excluding carboxylic acids is 1. The number of rotatable bonds is 4. The Labute approximate surface area is 133 Å². The lowest BCUT2D eigenvalue weighted by Crippen LogP contribution is -2.08. The predicted octanol–water partition coefficient (Wildman–Crippen LogP) is 4.31. The van der Waals surface area contributed by atoms with Gasteiger partial charge in [-0.2, -0.15) is 0 Å². The van der Waals surface area contributed by atoms with Crippen LogP contribution < -0.4 is 9.47 Å². The van der Waals surface area contributed by atoms with Crippen LogP contribution in [-0.2, 0) is 0 Å². The third kappa shape index (κ3) is 2.95. The number of aryl methyl sites for hydroxylation is 1. The summed E-state index contributed by atoms with van der Waals surface area (Å²) in [6.45, 7) is 3.82. The molecule has 0 spiro atoms. The molecule has 2 aromatic rings. The second kappa shape index (κ2) is 6.31. The van der Waals surface area contributed by atoms with Crippen LogP contribution in [0.25, 0.3) is 0 Å². The molecule has 0 aliphatic rings. The summed E-state index contributed by atoms with van der Waals surface area (Å²) in [6, 6.07) is 9.08. The van der Waals surface area contributed by atoms with Crippen molar-refractivity contribution in [3.63, 3.8) is 0 Å². The Bertz CT molecular complexity index is 693. The molecule has 0 saturated carbocycles. The Kier molecular flexibility index (Phi) is 4.68. The molecule has 4 heteroatoms. The monoisotopic (exact) mass is 348 g/mol. The highest BCUT2D eigenvalue weighted by molar-refractivity contribution is 9.10. The first-order valence-corrected chi connectivity index (χ1v) is 7.31. The number of carbonyl (C=O) groups is 1. The minimum absolute atomic E-state index is 0.0762. The molecule has 0 fully saturated rings. The lowest BCUT2D eigenvalue weighted by molar-refractivity contribution is 0.103. The van der Waals surface area contributed by atoms with Gasteiger partial charge in [0.15, 0.2) is 5.78 Å². The summed E-state index contributed by atoms with van der Waals surface area (Å²) < 4.78 is 11.5. The van der Waals surface area contributed by atoms with Gasteiger partial charge in [0.2, 0.25) is 0 Å². The number of methoxy groups -OCH3 is 2. The summed E-state index contributed by atoms with van der Waals surface area (Å²) in [6.07, 6.45) is 0. The number of hydrogen-bond donors (Lipinski definition) is 0. The van der Waals surface area contributed by atoms with Crippen LogP contribution in [0.1, 0.15) is 27.0 Å². The Morgan fingerprint density at radius 1 is 1.10 bits per heavy atom. The van der Waals surface area contributed by atoms with E-state index >= 15 is 0 Å². The van der Waals surface area contributed by atoms with Crippen LogP contribution in [0.3, 0.4) is 0 Å². The summed E-state index contributed by atoms with van der Waals surface area (Å²) in [7, 11) is 3.16. The molecule has 0 aliphatic carbocycles. The van der Waals surface area contributed by atoms with Gasteiger partial charge in [0.25, 0.3) is 0 Å². The van der Waals surface area contributed by atoms with Crippen LogP contribution in [0.5, 0.6) is 11.5 Å². The fraction of sp³-hybridized carbons (Fsp3) is 0.235. The quantitative estimate of drug-likeness (QED) is 0.772. The molecule has 21 heavy (non-hydrogen) atoms. The van der Waals surface area contributed by atoms with Crippen LogP contribution in [0, 0.1) is 13.8 Å². The molecule has 0 unspecified atom stereocenters. The van der Waals surface area contributed by atoms with E-state index < -0.39 is 0 Å². The first kappa shape index (κ1) is 15.6. The SMILES string of the molecule is COc1cccc(C(=O)c2c(C)c(Br)cc(C)c2OC)c1. The molecule has 0 heterocycles. The average Bonchev–Trinajstić information content (AvgIpc) is 2.50. The van der Waals surface area contributed by atoms with Crippen LogP contribution in [0.2, 0.25) is 0 Å². The van der Waals surface area contributed by atoms with Gasteiger partial charge < -0.3 is 9.47 Å². The van der Waals surface area contributed by atoms with E-state index in [9.17, 15) is 4.79 Å². The largest absolute Gasteiger partial charge is 0.497 e. The fourth-order valence-electron chi connectivity index (χ4n) is 2.30. The van der Waals surface area contributed by atoms with E-state index in [0.717, 1.165) is 15.6 Å². The lowest BCUT2D eigenvalue weighted by atomic mass is 9.95. The van der Waals surface area contributed by atoms with E-state index in [1.54, 1.807) is 32.4 Å². The molecule has 3 nitrogen and oxygen atoms in total. The topological polar surface area (TPSA) is 35.5 Å². The van der Waals surface area contributed by atoms with Crippen LogP contribution >= 0.6 is 15.9 Å². The van der Waals surface area contributed by atoms with Gasteiger partial charge in [-0.3, -0.25) is 4.79 Å². The fourth-order valence-corrected chi connectivity index (χ4v) is 2.84. The van der Waals surface area contributed by atoms with Crippen molar-refractivity contribution in [2.45, 2.75) is 13.8 Å². The van der Waals surface area contributed by atoms with Gasteiger partial charge in [-0.25, -0.2) is 0 Å². The highest BCUT2D eigenvalue weighted by atomic mass is 79.9. The number of hydrogen-bond acceptors (Lipinski definition) is 3. The van der Waals surface area contributed by atoms with Crippen LogP contribution in [0.15, 0.2) is 34.8 Å². The smallest absolute Gasteiger partial charge is 0.197 e. The Morgan fingerprint density at radius 2 is 1.81 bits per heavy atom. The molecule has 0 aromatic heterocycles. The van der Waals surface area contributed by atoms with Crippen molar-refractivity contribution in [2.75, 3.05) is 14.2 Å². The number of halogens is 1. The molecule has 0 radical (unpaired) electrons. The highest BCUT2D eigenvalue weighted by Crippen LogP contribution is 2.34. The molecule has 2 rings (SSSR count). The number of ether oxygens (including phenoxy) is 2. The number of ketones is 1. The average molecular weight is 349 g/mol. The van der Waals surface area contributed by atoms with Gasteiger partial charge in [0, 0.05) is 10.0 Å². The van der Waals surface area contributed by atoms with Gasteiger partial charge in [-0.15, -0.1) is 0 Å². The lowest BCUT2D eigenvalue weighted by Gasteiger charge is -2.15. The normalized spacial score (nSPS) is 10.3. The molecule has 0 saturated heterocycles. The highest BCUT2D eigenvalue weighted by Gasteiger charge is 2.21. The molecule has 0 aliphatic heterocycles. The Hall–Kier alpha value is -1.81. The molecular weight excluding hydrogens is 332 g/mol. The molecule has 2 aromatic carbocycles. The number of benzene rings is 2. The summed E-state index contributed by atoms with van der Waals surface area (Å²) in [5.74, 6) is 1.19. The maximum absolute atomic E-state index is 12.9. The second-order valence-corrected chi connectivity index (χ2v) is 5.62. The van der Waals surface area contributed by atoms with Gasteiger partial charge in [-0.05, 0) is 43.2 Å². The Balaban J connectivity index is 2.62. The zero-order valence-electron chi connectivity index (χ0n) is 12.5. The summed E-state index contributed by atoms with van der Waals surface area (Å²) in [5, 5.41) is 0. The zero-order chi connectivity index (χ0) is 15.6. The first-order valence-electron chi connectivity index (χ1n) is 6.52.